The number of rotatable bonds is 9. The predicted octanol–water partition coefficient (Wildman–Crippen LogP) is 8.48. The molecule has 0 heterocycles. The highest BCUT2D eigenvalue weighted by atomic mass is 19.3. The van der Waals surface area contributed by atoms with E-state index in [1.54, 1.807) is 19.9 Å². The summed E-state index contributed by atoms with van der Waals surface area (Å²) in [6.45, 7) is 10.8. The first-order chi connectivity index (χ1) is 15.9. The monoisotopic (exact) mass is 491 g/mol. The van der Waals surface area contributed by atoms with Crippen LogP contribution in [0.1, 0.15) is 71.4 Å². The van der Waals surface area contributed by atoms with Gasteiger partial charge in [0.25, 0.3) is 0 Å². The number of benzene rings is 2. The molecule has 0 aliphatic heterocycles. The predicted molar refractivity (Wildman–Crippen MR) is 120 cm³/mol. The molecule has 1 atom stereocenters. The molecule has 9 heteroatoms. The fourth-order valence-electron chi connectivity index (χ4n) is 2.94. The van der Waals surface area contributed by atoms with Crippen molar-refractivity contribution in [3.63, 3.8) is 0 Å². The van der Waals surface area contributed by atoms with E-state index >= 15 is 0 Å². The highest BCUT2D eigenvalue weighted by Crippen LogP contribution is 2.36. The molecule has 0 saturated carbocycles. The van der Waals surface area contributed by atoms with Crippen LogP contribution in [0.15, 0.2) is 36.4 Å². The molecule has 190 valence electrons. The highest BCUT2D eigenvalue weighted by Gasteiger charge is 2.44. The number of halogens is 6. The molecule has 0 bridgehead atoms. The normalized spacial score (nSPS) is 11.6. The van der Waals surface area contributed by atoms with E-state index in [9.17, 15) is 26.3 Å². The summed E-state index contributed by atoms with van der Waals surface area (Å²) in [6, 6.07) is 8.72. The molecule has 2 aromatic rings. The Kier molecular flexibility index (Phi) is 13.8. The second-order valence-corrected chi connectivity index (χ2v) is 7.11. The van der Waals surface area contributed by atoms with E-state index in [1.807, 2.05) is 20.8 Å². The zero-order chi connectivity index (χ0) is 26.5. The van der Waals surface area contributed by atoms with Gasteiger partial charge in [0.1, 0.15) is 11.6 Å². The summed E-state index contributed by atoms with van der Waals surface area (Å²) < 4.78 is 88.8. The van der Waals surface area contributed by atoms with Gasteiger partial charge in [0, 0.05) is 18.9 Å². The van der Waals surface area contributed by atoms with Crippen molar-refractivity contribution >= 4 is 0 Å². The van der Waals surface area contributed by atoms with Crippen molar-refractivity contribution in [1.29, 1.82) is 5.26 Å². The van der Waals surface area contributed by atoms with Crippen molar-refractivity contribution in [2.24, 2.45) is 0 Å². The summed E-state index contributed by atoms with van der Waals surface area (Å²) >= 11 is 0. The lowest BCUT2D eigenvalue weighted by atomic mass is 9.87. The number of hydrogen-bond acceptors (Lipinski definition) is 3. The van der Waals surface area contributed by atoms with Crippen molar-refractivity contribution in [3.05, 3.63) is 59.2 Å². The molecule has 2 rings (SSSR count). The standard InChI is InChI=1S/C21H22F6O2.C2H3N.C2H6/c1-4-5-17(13-6-7-18(23)19(10-13)28-12(2)3)14-8-15(22)11-16(9-14)29-21(26,27)20(24)25;1-2-3;1-2/h6-12,17,20H,4-5H2,1-3H3;1H3;1-2H3/t17-;;/m0../s1. The second-order valence-electron chi connectivity index (χ2n) is 7.11. The van der Waals surface area contributed by atoms with Crippen LogP contribution in [0.25, 0.3) is 0 Å². The zero-order valence-electron chi connectivity index (χ0n) is 20.1. The lowest BCUT2D eigenvalue weighted by molar-refractivity contribution is -0.253. The first kappa shape index (κ1) is 31.1. The molecular weight excluding hydrogens is 460 g/mol. The average molecular weight is 492 g/mol. The Morgan fingerprint density at radius 1 is 1.00 bits per heavy atom. The molecule has 2 aromatic carbocycles. The minimum Gasteiger partial charge on any atom is -0.488 e. The number of alkyl halides is 4. The van der Waals surface area contributed by atoms with Gasteiger partial charge >= 0.3 is 12.5 Å². The molecule has 0 unspecified atom stereocenters. The van der Waals surface area contributed by atoms with Gasteiger partial charge in [-0.15, -0.1) is 0 Å². The molecule has 0 aliphatic rings. The molecule has 0 fully saturated rings. The van der Waals surface area contributed by atoms with Crippen LogP contribution in [0.4, 0.5) is 26.3 Å². The third kappa shape index (κ3) is 9.94. The van der Waals surface area contributed by atoms with Crippen LogP contribution in [-0.4, -0.2) is 18.6 Å². The minimum absolute atomic E-state index is 0.00992. The zero-order valence-corrected chi connectivity index (χ0v) is 20.1. The van der Waals surface area contributed by atoms with Crippen molar-refractivity contribution in [2.75, 3.05) is 0 Å². The fourth-order valence-corrected chi connectivity index (χ4v) is 2.94. The van der Waals surface area contributed by atoms with Gasteiger partial charge in [-0.05, 0) is 55.7 Å². The van der Waals surface area contributed by atoms with Crippen LogP contribution >= 0.6 is 0 Å². The number of hydrogen-bond donors (Lipinski definition) is 0. The van der Waals surface area contributed by atoms with Crippen molar-refractivity contribution < 1.29 is 35.8 Å². The number of ether oxygens (including phenoxy) is 2. The Morgan fingerprint density at radius 3 is 2.09 bits per heavy atom. The maximum Gasteiger partial charge on any atom is 0.461 e. The van der Waals surface area contributed by atoms with Crippen LogP contribution in [-0.2, 0) is 0 Å². The van der Waals surface area contributed by atoms with E-state index in [2.05, 4.69) is 4.74 Å². The lowest BCUT2D eigenvalue weighted by Gasteiger charge is -2.22. The number of nitrogens with zero attached hydrogens (tertiary/aromatic N) is 1. The van der Waals surface area contributed by atoms with Crippen molar-refractivity contribution in [2.45, 2.75) is 78.9 Å². The van der Waals surface area contributed by atoms with E-state index in [0.29, 0.717) is 24.5 Å². The summed E-state index contributed by atoms with van der Waals surface area (Å²) in [5.41, 5.74) is 0.815. The first-order valence-electron chi connectivity index (χ1n) is 10.9. The molecule has 0 radical (unpaired) electrons. The van der Waals surface area contributed by atoms with Gasteiger partial charge in [-0.3, -0.25) is 0 Å². The van der Waals surface area contributed by atoms with Crippen LogP contribution < -0.4 is 9.47 Å². The first-order valence-corrected chi connectivity index (χ1v) is 10.9. The smallest absolute Gasteiger partial charge is 0.461 e. The average Bonchev–Trinajstić information content (AvgIpc) is 2.74. The largest absolute Gasteiger partial charge is 0.488 e. The van der Waals surface area contributed by atoms with Crippen LogP contribution in [0, 0.1) is 23.0 Å². The topological polar surface area (TPSA) is 42.2 Å². The van der Waals surface area contributed by atoms with E-state index in [-0.39, 0.29) is 17.4 Å². The van der Waals surface area contributed by atoms with E-state index in [4.69, 9.17) is 10.00 Å². The van der Waals surface area contributed by atoms with Crippen LogP contribution in [0.2, 0.25) is 0 Å². The third-order valence-electron chi connectivity index (χ3n) is 4.10. The highest BCUT2D eigenvalue weighted by molar-refractivity contribution is 5.41. The van der Waals surface area contributed by atoms with Gasteiger partial charge in [-0.1, -0.05) is 33.3 Å². The van der Waals surface area contributed by atoms with Gasteiger partial charge in [0.05, 0.1) is 12.2 Å². The van der Waals surface area contributed by atoms with E-state index in [0.717, 1.165) is 12.1 Å². The Hall–Kier alpha value is -2.89. The van der Waals surface area contributed by atoms with Gasteiger partial charge in [-0.2, -0.15) is 22.8 Å². The van der Waals surface area contributed by atoms with Gasteiger partial charge < -0.3 is 9.47 Å². The molecule has 3 nitrogen and oxygen atoms in total. The van der Waals surface area contributed by atoms with Crippen LogP contribution in [0.3, 0.4) is 0 Å². The fraction of sp³-hybridized carbons (Fsp3) is 0.480. The molecule has 0 N–H and O–H groups in total. The van der Waals surface area contributed by atoms with Crippen molar-refractivity contribution in [3.8, 4) is 17.6 Å². The summed E-state index contributed by atoms with van der Waals surface area (Å²) in [7, 11) is 0. The second kappa shape index (κ2) is 15.1. The molecule has 0 spiro atoms. The summed E-state index contributed by atoms with van der Waals surface area (Å²) in [6.07, 6.45) is -7.98. The molecular formula is C25H31F6NO2. The Balaban J connectivity index is 0.00000201. The SMILES string of the molecule is CC.CC#N.CCC[C@H](c1cc(F)cc(OC(F)(F)C(F)F)c1)c1ccc(F)c(OC(C)C)c1. The molecule has 0 saturated heterocycles. The Morgan fingerprint density at radius 2 is 1.59 bits per heavy atom. The quantitative estimate of drug-likeness (QED) is 0.330. The molecule has 34 heavy (non-hydrogen) atoms. The van der Waals surface area contributed by atoms with Gasteiger partial charge in [0.2, 0.25) is 0 Å². The third-order valence-corrected chi connectivity index (χ3v) is 4.10. The summed E-state index contributed by atoms with van der Waals surface area (Å²) in [4.78, 5) is 0. The molecule has 0 aliphatic carbocycles. The lowest BCUT2D eigenvalue weighted by Crippen LogP contribution is -2.33. The Bertz CT molecular complexity index is 913. The van der Waals surface area contributed by atoms with E-state index < -0.39 is 35.8 Å². The number of nitriles is 1. The van der Waals surface area contributed by atoms with Gasteiger partial charge in [-0.25, -0.2) is 8.78 Å². The van der Waals surface area contributed by atoms with E-state index in [1.165, 1.54) is 25.1 Å². The summed E-state index contributed by atoms with van der Waals surface area (Å²) in [5, 5.41) is 7.32. The van der Waals surface area contributed by atoms with Crippen molar-refractivity contribution in [1.82, 2.24) is 0 Å². The van der Waals surface area contributed by atoms with Crippen LogP contribution in [0.5, 0.6) is 11.5 Å². The molecule has 0 amide bonds. The minimum atomic E-state index is -4.75. The maximum absolute atomic E-state index is 14.0. The maximum atomic E-state index is 14.0. The molecule has 0 aromatic heterocycles. The summed E-state index contributed by atoms with van der Waals surface area (Å²) in [5.74, 6) is -2.70. The Labute approximate surface area is 197 Å². The van der Waals surface area contributed by atoms with Gasteiger partial charge in [0.15, 0.2) is 11.6 Å².